The molecule has 4 heteroatoms. The SMILES string of the molecule is CC(C)(C)c1ccc2c(c1)C(=O)N(CCC#N)C2=O. The minimum absolute atomic E-state index is 0.0710. The molecule has 1 aliphatic rings. The van der Waals surface area contributed by atoms with E-state index in [1.54, 1.807) is 12.1 Å². The van der Waals surface area contributed by atoms with E-state index >= 15 is 0 Å². The average molecular weight is 256 g/mol. The average Bonchev–Trinajstić information content (AvgIpc) is 2.59. The van der Waals surface area contributed by atoms with Crippen LogP contribution in [0.5, 0.6) is 0 Å². The molecule has 0 unspecified atom stereocenters. The first-order valence-electron chi connectivity index (χ1n) is 6.24. The zero-order valence-electron chi connectivity index (χ0n) is 11.4. The second kappa shape index (κ2) is 4.51. The Morgan fingerprint density at radius 2 is 1.79 bits per heavy atom. The number of carbonyl (C=O) groups excluding carboxylic acids is 2. The van der Waals surface area contributed by atoms with Gasteiger partial charge in [0.2, 0.25) is 0 Å². The third-order valence-electron chi connectivity index (χ3n) is 3.28. The number of hydrogen-bond acceptors (Lipinski definition) is 3. The highest BCUT2D eigenvalue weighted by Gasteiger charge is 2.35. The highest BCUT2D eigenvalue weighted by atomic mass is 16.2. The topological polar surface area (TPSA) is 61.2 Å². The van der Waals surface area contributed by atoms with Crippen LogP contribution < -0.4 is 0 Å². The predicted molar refractivity (Wildman–Crippen MR) is 70.7 cm³/mol. The number of fused-ring (bicyclic) bond motifs is 1. The second-order valence-electron chi connectivity index (χ2n) is 5.68. The number of hydrogen-bond donors (Lipinski definition) is 0. The molecule has 0 radical (unpaired) electrons. The zero-order chi connectivity index (χ0) is 14.2. The molecule has 98 valence electrons. The molecule has 2 rings (SSSR count). The quantitative estimate of drug-likeness (QED) is 0.764. The van der Waals surface area contributed by atoms with Gasteiger partial charge in [0.05, 0.1) is 23.6 Å². The molecule has 0 bridgehead atoms. The molecule has 0 saturated carbocycles. The second-order valence-corrected chi connectivity index (χ2v) is 5.68. The fourth-order valence-electron chi connectivity index (χ4n) is 2.12. The van der Waals surface area contributed by atoms with Crippen LogP contribution in [-0.2, 0) is 5.41 Å². The summed E-state index contributed by atoms with van der Waals surface area (Å²) in [4.78, 5) is 25.4. The van der Waals surface area contributed by atoms with E-state index in [1.165, 1.54) is 0 Å². The molecule has 2 amide bonds. The first kappa shape index (κ1) is 13.3. The van der Waals surface area contributed by atoms with Gasteiger partial charge in [0, 0.05) is 6.54 Å². The van der Waals surface area contributed by atoms with Crippen molar-refractivity contribution in [2.45, 2.75) is 32.6 Å². The van der Waals surface area contributed by atoms with Gasteiger partial charge in [-0.2, -0.15) is 5.26 Å². The smallest absolute Gasteiger partial charge is 0.261 e. The van der Waals surface area contributed by atoms with Gasteiger partial charge >= 0.3 is 0 Å². The van der Waals surface area contributed by atoms with E-state index in [2.05, 4.69) is 20.8 Å². The van der Waals surface area contributed by atoms with Gasteiger partial charge < -0.3 is 0 Å². The lowest BCUT2D eigenvalue weighted by molar-refractivity contribution is 0.0657. The van der Waals surface area contributed by atoms with E-state index in [4.69, 9.17) is 5.26 Å². The molecule has 1 heterocycles. The highest BCUT2D eigenvalue weighted by molar-refractivity contribution is 6.21. The fraction of sp³-hybridized carbons (Fsp3) is 0.400. The molecule has 0 spiro atoms. The lowest BCUT2D eigenvalue weighted by atomic mass is 9.85. The van der Waals surface area contributed by atoms with Crippen molar-refractivity contribution in [3.63, 3.8) is 0 Å². The summed E-state index contributed by atoms with van der Waals surface area (Å²) in [7, 11) is 0. The van der Waals surface area contributed by atoms with Crippen molar-refractivity contribution in [1.29, 1.82) is 5.26 Å². The number of nitriles is 1. The molecule has 4 nitrogen and oxygen atoms in total. The van der Waals surface area contributed by atoms with E-state index < -0.39 is 0 Å². The monoisotopic (exact) mass is 256 g/mol. The summed E-state index contributed by atoms with van der Waals surface area (Å²) in [6.07, 6.45) is 0.164. The summed E-state index contributed by atoms with van der Waals surface area (Å²) in [5, 5.41) is 8.57. The summed E-state index contributed by atoms with van der Waals surface area (Å²) in [6.45, 7) is 6.34. The molecular weight excluding hydrogens is 240 g/mol. The van der Waals surface area contributed by atoms with E-state index in [-0.39, 0.29) is 30.2 Å². The third kappa shape index (κ3) is 2.24. The van der Waals surface area contributed by atoms with Gasteiger partial charge in [0.25, 0.3) is 11.8 Å². The Hall–Kier alpha value is -2.15. The van der Waals surface area contributed by atoms with Crippen LogP contribution in [0.25, 0.3) is 0 Å². The summed E-state index contributed by atoms with van der Waals surface area (Å²) < 4.78 is 0. The maximum absolute atomic E-state index is 12.2. The molecular formula is C15H16N2O2. The molecule has 0 aliphatic carbocycles. The Morgan fingerprint density at radius 3 is 2.37 bits per heavy atom. The predicted octanol–water partition coefficient (Wildman–Crippen LogP) is 2.49. The maximum Gasteiger partial charge on any atom is 0.261 e. The Balaban J connectivity index is 2.40. The van der Waals surface area contributed by atoms with Crippen molar-refractivity contribution in [3.8, 4) is 6.07 Å². The number of amides is 2. The summed E-state index contributed by atoms with van der Waals surface area (Å²) in [5.41, 5.74) is 1.85. The largest absolute Gasteiger partial charge is 0.273 e. The van der Waals surface area contributed by atoms with Gasteiger partial charge in [0.1, 0.15) is 0 Å². The molecule has 0 N–H and O–H groups in total. The van der Waals surface area contributed by atoms with E-state index in [1.807, 2.05) is 12.1 Å². The van der Waals surface area contributed by atoms with Gasteiger partial charge in [0.15, 0.2) is 0 Å². The van der Waals surface area contributed by atoms with Crippen LogP contribution in [0.4, 0.5) is 0 Å². The molecule has 0 saturated heterocycles. The normalized spacial score (nSPS) is 14.5. The molecule has 1 aliphatic heterocycles. The Kier molecular flexibility index (Phi) is 3.15. The van der Waals surface area contributed by atoms with Crippen molar-refractivity contribution in [2.75, 3.05) is 6.54 Å². The molecule has 1 aromatic rings. The van der Waals surface area contributed by atoms with Crippen LogP contribution in [0.1, 0.15) is 53.5 Å². The van der Waals surface area contributed by atoms with Crippen molar-refractivity contribution < 1.29 is 9.59 Å². The molecule has 19 heavy (non-hydrogen) atoms. The van der Waals surface area contributed by atoms with Crippen molar-refractivity contribution >= 4 is 11.8 Å². The number of rotatable bonds is 2. The number of nitrogens with zero attached hydrogens (tertiary/aromatic N) is 2. The first-order valence-corrected chi connectivity index (χ1v) is 6.24. The van der Waals surface area contributed by atoms with E-state index in [0.717, 1.165) is 10.5 Å². The van der Waals surface area contributed by atoms with Crippen LogP contribution in [0, 0.1) is 11.3 Å². The van der Waals surface area contributed by atoms with E-state index in [0.29, 0.717) is 11.1 Å². The molecule has 0 aromatic heterocycles. The standard InChI is InChI=1S/C15H16N2O2/c1-15(2,3)10-5-6-11-12(9-10)14(19)17(13(11)18)8-4-7-16/h5-6,9H,4,8H2,1-3H3. The van der Waals surface area contributed by atoms with Crippen molar-refractivity contribution in [1.82, 2.24) is 4.90 Å². The minimum atomic E-state index is -0.296. The lowest BCUT2D eigenvalue weighted by Gasteiger charge is -2.19. The molecule has 0 fully saturated rings. The van der Waals surface area contributed by atoms with Gasteiger partial charge in [-0.1, -0.05) is 26.8 Å². The lowest BCUT2D eigenvalue weighted by Crippen LogP contribution is -2.30. The summed E-state index contributed by atoms with van der Waals surface area (Å²) >= 11 is 0. The first-order chi connectivity index (χ1) is 8.86. The van der Waals surface area contributed by atoms with Crippen LogP contribution in [0.3, 0.4) is 0 Å². The number of carbonyl (C=O) groups is 2. The van der Waals surface area contributed by atoms with Crippen LogP contribution in [0.15, 0.2) is 18.2 Å². The third-order valence-corrected chi connectivity index (χ3v) is 3.28. The molecule has 0 atom stereocenters. The molecule has 1 aromatic carbocycles. The Labute approximate surface area is 112 Å². The van der Waals surface area contributed by atoms with Crippen LogP contribution in [0.2, 0.25) is 0 Å². The minimum Gasteiger partial charge on any atom is -0.273 e. The van der Waals surface area contributed by atoms with E-state index in [9.17, 15) is 9.59 Å². The highest BCUT2D eigenvalue weighted by Crippen LogP contribution is 2.29. The summed E-state index contributed by atoms with van der Waals surface area (Å²) in [6, 6.07) is 7.34. The Bertz CT molecular complexity index is 591. The van der Waals surface area contributed by atoms with Crippen LogP contribution >= 0.6 is 0 Å². The van der Waals surface area contributed by atoms with Crippen molar-refractivity contribution in [3.05, 3.63) is 34.9 Å². The number of imide groups is 1. The summed E-state index contributed by atoms with van der Waals surface area (Å²) in [5.74, 6) is -0.586. The van der Waals surface area contributed by atoms with Crippen LogP contribution in [-0.4, -0.2) is 23.3 Å². The Morgan fingerprint density at radius 1 is 1.16 bits per heavy atom. The van der Waals surface area contributed by atoms with Gasteiger partial charge in [-0.25, -0.2) is 0 Å². The number of benzene rings is 1. The van der Waals surface area contributed by atoms with Crippen molar-refractivity contribution in [2.24, 2.45) is 0 Å². The fourth-order valence-corrected chi connectivity index (χ4v) is 2.12. The van der Waals surface area contributed by atoms with Gasteiger partial charge in [-0.3, -0.25) is 14.5 Å². The van der Waals surface area contributed by atoms with Gasteiger partial charge in [-0.05, 0) is 23.1 Å². The van der Waals surface area contributed by atoms with Gasteiger partial charge in [-0.15, -0.1) is 0 Å². The maximum atomic E-state index is 12.2. The zero-order valence-corrected chi connectivity index (χ0v) is 11.4.